The molecule has 0 aliphatic heterocycles. The van der Waals surface area contributed by atoms with Gasteiger partial charge in [-0.1, -0.05) is 17.7 Å². The van der Waals surface area contributed by atoms with Gasteiger partial charge in [-0.2, -0.15) is 0 Å². The average Bonchev–Trinajstić information content (AvgIpc) is 3.29. The van der Waals surface area contributed by atoms with Crippen molar-refractivity contribution in [3.8, 4) is 0 Å². The minimum Gasteiger partial charge on any atom is -0.292 e. The maximum atomic E-state index is 12.9. The summed E-state index contributed by atoms with van der Waals surface area (Å²) >= 11 is 0. The van der Waals surface area contributed by atoms with Crippen LogP contribution in [0.2, 0.25) is 0 Å². The smallest absolute Gasteiger partial charge is 0.179 e. The van der Waals surface area contributed by atoms with Crippen LogP contribution in [0.1, 0.15) is 54.1 Å². The first-order valence-electron chi connectivity index (χ1n) is 7.93. The molecule has 2 aliphatic carbocycles. The van der Waals surface area contributed by atoms with Gasteiger partial charge in [-0.05, 0) is 64.0 Å². The van der Waals surface area contributed by atoms with Gasteiger partial charge in [0.15, 0.2) is 5.78 Å². The van der Waals surface area contributed by atoms with Crippen LogP contribution in [0.15, 0.2) is 18.2 Å². The number of aryl methyl sites for hydroxylation is 2. The quantitative estimate of drug-likeness (QED) is 0.734. The highest BCUT2D eigenvalue weighted by atomic mass is 16.1. The van der Waals surface area contributed by atoms with Crippen molar-refractivity contribution in [1.29, 1.82) is 0 Å². The monoisotopic (exact) mass is 271 g/mol. The van der Waals surface area contributed by atoms with Crippen molar-refractivity contribution in [3.05, 3.63) is 34.9 Å². The molecule has 2 fully saturated rings. The van der Waals surface area contributed by atoms with Crippen LogP contribution in [0.25, 0.3) is 0 Å². The van der Waals surface area contributed by atoms with Crippen molar-refractivity contribution in [3.63, 3.8) is 0 Å². The Kier molecular flexibility index (Phi) is 3.68. The van der Waals surface area contributed by atoms with E-state index in [0.29, 0.717) is 11.8 Å². The third-order valence-electron chi connectivity index (χ3n) is 4.72. The third kappa shape index (κ3) is 2.95. The second kappa shape index (κ2) is 5.33. The fraction of sp³-hybridized carbons (Fsp3) is 0.611. The van der Waals surface area contributed by atoms with E-state index >= 15 is 0 Å². The van der Waals surface area contributed by atoms with E-state index in [2.05, 4.69) is 36.9 Å². The van der Waals surface area contributed by atoms with Crippen LogP contribution in [0.3, 0.4) is 0 Å². The number of carbonyl (C=O) groups is 1. The molecule has 0 saturated heterocycles. The van der Waals surface area contributed by atoms with Gasteiger partial charge in [0, 0.05) is 18.2 Å². The summed E-state index contributed by atoms with van der Waals surface area (Å²) in [4.78, 5) is 15.3. The Morgan fingerprint density at radius 1 is 1.25 bits per heavy atom. The highest BCUT2D eigenvalue weighted by molar-refractivity contribution is 6.01. The topological polar surface area (TPSA) is 20.3 Å². The summed E-state index contributed by atoms with van der Waals surface area (Å²) in [5.41, 5.74) is 3.19. The molecule has 2 nitrogen and oxygen atoms in total. The fourth-order valence-electron chi connectivity index (χ4n) is 3.01. The van der Waals surface area contributed by atoms with E-state index in [1.165, 1.54) is 31.2 Å². The number of hydrogen-bond acceptors (Lipinski definition) is 2. The molecule has 0 aromatic heterocycles. The molecule has 0 amide bonds. The molecule has 1 aromatic carbocycles. The van der Waals surface area contributed by atoms with Crippen LogP contribution in [-0.2, 0) is 0 Å². The SMILES string of the molecule is Cc1ccc(C)c(C(=O)C(C)N(CC2CC2)C2CC2)c1. The van der Waals surface area contributed by atoms with Gasteiger partial charge in [0.2, 0.25) is 0 Å². The minimum absolute atomic E-state index is 0.0311. The second-order valence-corrected chi connectivity index (χ2v) is 6.73. The maximum Gasteiger partial charge on any atom is 0.179 e. The van der Waals surface area contributed by atoms with Crippen LogP contribution in [0.4, 0.5) is 0 Å². The van der Waals surface area contributed by atoms with Crippen molar-refractivity contribution in [2.24, 2.45) is 5.92 Å². The molecule has 1 unspecified atom stereocenters. The lowest BCUT2D eigenvalue weighted by molar-refractivity contribution is 0.0818. The third-order valence-corrected chi connectivity index (χ3v) is 4.72. The molecule has 0 heterocycles. The van der Waals surface area contributed by atoms with Gasteiger partial charge in [-0.15, -0.1) is 0 Å². The Bertz CT molecular complexity index is 514. The predicted octanol–water partition coefficient (Wildman–Crippen LogP) is 3.75. The number of benzene rings is 1. The van der Waals surface area contributed by atoms with Crippen molar-refractivity contribution in [1.82, 2.24) is 4.90 Å². The number of rotatable bonds is 6. The molecule has 2 saturated carbocycles. The molecule has 2 aliphatic rings. The Hall–Kier alpha value is -1.15. The first kappa shape index (κ1) is 13.8. The van der Waals surface area contributed by atoms with E-state index in [-0.39, 0.29) is 6.04 Å². The number of carbonyl (C=O) groups excluding carboxylic acids is 1. The van der Waals surface area contributed by atoms with Crippen molar-refractivity contribution in [2.45, 2.75) is 58.5 Å². The first-order valence-corrected chi connectivity index (χ1v) is 7.93. The van der Waals surface area contributed by atoms with Gasteiger partial charge in [0.1, 0.15) is 0 Å². The van der Waals surface area contributed by atoms with Crippen LogP contribution in [0, 0.1) is 19.8 Å². The zero-order chi connectivity index (χ0) is 14.3. The highest BCUT2D eigenvalue weighted by Gasteiger charge is 2.38. The molecule has 1 atom stereocenters. The van der Waals surface area contributed by atoms with Gasteiger partial charge in [-0.25, -0.2) is 0 Å². The number of Topliss-reactive ketones (excluding diaryl/α,β-unsaturated/α-hetero) is 1. The van der Waals surface area contributed by atoms with Gasteiger partial charge in [-0.3, -0.25) is 9.69 Å². The normalized spacial score (nSPS) is 20.2. The predicted molar refractivity (Wildman–Crippen MR) is 82.2 cm³/mol. The van der Waals surface area contributed by atoms with Gasteiger partial charge >= 0.3 is 0 Å². The summed E-state index contributed by atoms with van der Waals surface area (Å²) in [7, 11) is 0. The molecule has 108 valence electrons. The fourth-order valence-corrected chi connectivity index (χ4v) is 3.01. The van der Waals surface area contributed by atoms with E-state index in [1.807, 2.05) is 6.92 Å². The number of hydrogen-bond donors (Lipinski definition) is 0. The summed E-state index contributed by atoms with van der Waals surface area (Å²) < 4.78 is 0. The lowest BCUT2D eigenvalue weighted by Crippen LogP contribution is -2.42. The van der Waals surface area contributed by atoms with E-state index in [1.54, 1.807) is 0 Å². The average molecular weight is 271 g/mol. The molecule has 3 rings (SSSR count). The Labute approximate surface area is 122 Å². The first-order chi connectivity index (χ1) is 9.56. The Morgan fingerprint density at radius 3 is 2.55 bits per heavy atom. The van der Waals surface area contributed by atoms with Gasteiger partial charge < -0.3 is 0 Å². The Morgan fingerprint density at radius 2 is 1.95 bits per heavy atom. The summed E-state index contributed by atoms with van der Waals surface area (Å²) in [6.45, 7) is 7.33. The molecule has 1 aromatic rings. The largest absolute Gasteiger partial charge is 0.292 e. The standard InChI is InChI=1S/C18H25NO/c1-12-4-5-13(2)17(10-12)18(20)14(3)19(16-8-9-16)11-15-6-7-15/h4-5,10,14-16H,6-9,11H2,1-3H3. The van der Waals surface area contributed by atoms with E-state index in [9.17, 15) is 4.79 Å². The van der Waals surface area contributed by atoms with Gasteiger partial charge in [0.25, 0.3) is 0 Å². The number of ketones is 1. The molecular formula is C18H25NO. The lowest BCUT2D eigenvalue weighted by Gasteiger charge is -2.28. The minimum atomic E-state index is 0.0311. The summed E-state index contributed by atoms with van der Waals surface area (Å²) in [5.74, 6) is 1.16. The van der Waals surface area contributed by atoms with E-state index < -0.39 is 0 Å². The molecule has 2 heteroatoms. The summed E-state index contributed by atoms with van der Waals surface area (Å²) in [6.07, 6.45) is 5.26. The molecule has 0 spiro atoms. The van der Waals surface area contributed by atoms with Crippen LogP contribution >= 0.6 is 0 Å². The molecule has 0 bridgehead atoms. The second-order valence-electron chi connectivity index (χ2n) is 6.73. The summed E-state index contributed by atoms with van der Waals surface area (Å²) in [5, 5.41) is 0. The van der Waals surface area contributed by atoms with Crippen molar-refractivity contribution < 1.29 is 4.79 Å². The molecule has 20 heavy (non-hydrogen) atoms. The molecule has 0 N–H and O–H groups in total. The van der Waals surface area contributed by atoms with E-state index in [4.69, 9.17) is 0 Å². The maximum absolute atomic E-state index is 12.9. The van der Waals surface area contributed by atoms with Crippen molar-refractivity contribution in [2.75, 3.05) is 6.54 Å². The van der Waals surface area contributed by atoms with Crippen LogP contribution in [0.5, 0.6) is 0 Å². The van der Waals surface area contributed by atoms with Crippen LogP contribution in [-0.4, -0.2) is 29.3 Å². The molecule has 0 radical (unpaired) electrons. The van der Waals surface area contributed by atoms with Crippen LogP contribution < -0.4 is 0 Å². The lowest BCUT2D eigenvalue weighted by atomic mass is 9.97. The summed E-state index contributed by atoms with van der Waals surface area (Å²) in [6, 6.07) is 6.90. The van der Waals surface area contributed by atoms with E-state index in [0.717, 1.165) is 23.6 Å². The zero-order valence-corrected chi connectivity index (χ0v) is 12.9. The van der Waals surface area contributed by atoms with Crippen molar-refractivity contribution >= 4 is 5.78 Å². The Balaban J connectivity index is 1.78. The zero-order valence-electron chi connectivity index (χ0n) is 12.9. The highest BCUT2D eigenvalue weighted by Crippen LogP contribution is 2.36. The van der Waals surface area contributed by atoms with Gasteiger partial charge in [0.05, 0.1) is 6.04 Å². The number of nitrogens with zero attached hydrogens (tertiary/aromatic N) is 1. The molecular weight excluding hydrogens is 246 g/mol.